The normalized spacial score (nSPS) is 13.2. The van der Waals surface area contributed by atoms with Gasteiger partial charge in [-0.1, -0.05) is 29.8 Å². The zero-order valence-corrected chi connectivity index (χ0v) is 17.7. The summed E-state index contributed by atoms with van der Waals surface area (Å²) in [6.45, 7) is 0.707. The quantitative estimate of drug-likeness (QED) is 0.628. The Morgan fingerprint density at radius 3 is 2.69 bits per heavy atom. The van der Waals surface area contributed by atoms with Crippen molar-refractivity contribution >= 4 is 67.3 Å². The number of carbonyl (C=O) groups is 3. The summed E-state index contributed by atoms with van der Waals surface area (Å²) in [4.78, 5) is 39.5. The fraction of sp³-hybridized carbons (Fsp3) is 0.211. The van der Waals surface area contributed by atoms with Crippen LogP contribution in [0.25, 0.3) is 10.1 Å². The number of nitrogens with two attached hydrogens (primary N) is 1. The van der Waals surface area contributed by atoms with Crippen LogP contribution in [0.1, 0.15) is 30.5 Å². The Kier molecular flexibility index (Phi) is 5.20. The summed E-state index contributed by atoms with van der Waals surface area (Å²) in [7, 11) is 1.32. The minimum absolute atomic E-state index is 0.292. The van der Waals surface area contributed by atoms with E-state index in [1.54, 1.807) is 0 Å². The molecule has 1 aromatic carbocycles. The van der Waals surface area contributed by atoms with Crippen molar-refractivity contribution in [3.8, 4) is 0 Å². The predicted molar refractivity (Wildman–Crippen MR) is 114 cm³/mol. The van der Waals surface area contributed by atoms with Crippen LogP contribution in [0.4, 0.5) is 9.80 Å². The molecule has 150 valence electrons. The van der Waals surface area contributed by atoms with Crippen LogP contribution >= 0.6 is 34.3 Å². The number of ether oxygens (including phenoxy) is 1. The first-order valence-corrected chi connectivity index (χ1v) is 10.7. The number of rotatable bonds is 3. The molecule has 10 heteroatoms. The third-order valence-electron chi connectivity index (χ3n) is 4.70. The number of halogens is 1. The second-order valence-corrected chi connectivity index (χ2v) is 8.94. The van der Waals surface area contributed by atoms with Crippen molar-refractivity contribution < 1.29 is 19.1 Å². The number of benzene rings is 1. The highest BCUT2D eigenvalue weighted by Crippen LogP contribution is 2.39. The molecule has 1 aliphatic rings. The molecule has 3 heterocycles. The van der Waals surface area contributed by atoms with Gasteiger partial charge in [-0.3, -0.25) is 9.59 Å². The van der Waals surface area contributed by atoms with E-state index in [1.807, 2.05) is 24.3 Å². The second-order valence-electron chi connectivity index (χ2n) is 6.41. The predicted octanol–water partition coefficient (Wildman–Crippen LogP) is 4.09. The molecular formula is C19H16ClN3O4S2. The van der Waals surface area contributed by atoms with Crippen molar-refractivity contribution in [3.05, 3.63) is 50.2 Å². The van der Waals surface area contributed by atoms with Gasteiger partial charge in [0.2, 0.25) is 0 Å². The van der Waals surface area contributed by atoms with Gasteiger partial charge in [0, 0.05) is 21.5 Å². The SMILES string of the molecule is COC(=O)N1CCc2c(sc(NC(=O)c3sc4ccccc4c3Cl)c2C(N)=O)C1. The highest BCUT2D eigenvalue weighted by molar-refractivity contribution is 7.22. The topological polar surface area (TPSA) is 102 Å². The number of nitrogens with zero attached hydrogens (tertiary/aromatic N) is 1. The lowest BCUT2D eigenvalue weighted by Crippen LogP contribution is -2.35. The van der Waals surface area contributed by atoms with Crippen LogP contribution < -0.4 is 11.1 Å². The van der Waals surface area contributed by atoms with Gasteiger partial charge in [0.15, 0.2) is 0 Å². The molecule has 3 aromatic rings. The van der Waals surface area contributed by atoms with Crippen LogP contribution in [0.5, 0.6) is 0 Å². The fourth-order valence-electron chi connectivity index (χ4n) is 3.36. The summed E-state index contributed by atoms with van der Waals surface area (Å²) in [5.41, 5.74) is 6.65. The maximum absolute atomic E-state index is 12.9. The summed E-state index contributed by atoms with van der Waals surface area (Å²) in [6, 6.07) is 7.48. The van der Waals surface area contributed by atoms with E-state index in [1.165, 1.54) is 34.7 Å². The van der Waals surface area contributed by atoms with E-state index in [0.717, 1.165) is 20.5 Å². The number of primary amides is 1. The Hall–Kier alpha value is -2.62. The number of carbonyl (C=O) groups excluding carboxylic acids is 3. The molecule has 2 aromatic heterocycles. The van der Waals surface area contributed by atoms with Crippen molar-refractivity contribution in [3.63, 3.8) is 0 Å². The first-order chi connectivity index (χ1) is 13.9. The standard InChI is InChI=1S/C19H16ClN3O4S2/c1-27-19(26)23-7-6-9-12(8-23)29-18(13(9)16(21)24)22-17(25)15-14(20)10-4-2-3-5-11(10)28-15/h2-5H,6-8H2,1H3,(H2,21,24)(H,22,25). The summed E-state index contributed by atoms with van der Waals surface area (Å²) in [5.74, 6) is -1.02. The zero-order valence-electron chi connectivity index (χ0n) is 15.3. The van der Waals surface area contributed by atoms with Gasteiger partial charge in [-0.15, -0.1) is 22.7 Å². The summed E-state index contributed by atoms with van der Waals surface area (Å²) in [6.07, 6.45) is 0.0194. The van der Waals surface area contributed by atoms with Gasteiger partial charge in [-0.25, -0.2) is 4.79 Å². The molecule has 0 saturated heterocycles. The molecular weight excluding hydrogens is 434 g/mol. The molecule has 0 aliphatic carbocycles. The van der Waals surface area contributed by atoms with Crippen molar-refractivity contribution in [2.45, 2.75) is 13.0 Å². The first-order valence-electron chi connectivity index (χ1n) is 8.66. The Morgan fingerprint density at radius 1 is 1.24 bits per heavy atom. The maximum Gasteiger partial charge on any atom is 0.409 e. The highest BCUT2D eigenvalue weighted by Gasteiger charge is 2.30. The molecule has 4 rings (SSSR count). The number of hydrogen-bond donors (Lipinski definition) is 2. The third kappa shape index (κ3) is 3.45. The number of fused-ring (bicyclic) bond motifs is 2. The lowest BCUT2D eigenvalue weighted by Gasteiger charge is -2.25. The van der Waals surface area contributed by atoms with Gasteiger partial charge in [-0.2, -0.15) is 0 Å². The van der Waals surface area contributed by atoms with Crippen molar-refractivity contribution in [2.75, 3.05) is 19.0 Å². The van der Waals surface area contributed by atoms with Crippen LogP contribution in [-0.2, 0) is 17.7 Å². The van der Waals surface area contributed by atoms with Crippen LogP contribution in [0, 0.1) is 0 Å². The summed E-state index contributed by atoms with van der Waals surface area (Å²) in [5, 5.41) is 4.34. The lowest BCUT2D eigenvalue weighted by molar-refractivity contribution is 0.0999. The Labute approximate surface area is 179 Å². The average Bonchev–Trinajstić information content (AvgIpc) is 3.24. The fourth-order valence-corrected chi connectivity index (χ4v) is 6.03. The number of amides is 3. The number of methoxy groups -OCH3 is 1. The van der Waals surface area contributed by atoms with E-state index in [4.69, 9.17) is 22.1 Å². The van der Waals surface area contributed by atoms with Gasteiger partial charge in [-0.05, 0) is 18.1 Å². The van der Waals surface area contributed by atoms with Crippen LogP contribution in [0.3, 0.4) is 0 Å². The molecule has 0 radical (unpaired) electrons. The third-order valence-corrected chi connectivity index (χ3v) is 7.51. The van der Waals surface area contributed by atoms with Crippen LogP contribution in [0.15, 0.2) is 24.3 Å². The molecule has 1 aliphatic heterocycles. The van der Waals surface area contributed by atoms with E-state index < -0.39 is 17.9 Å². The van der Waals surface area contributed by atoms with Crippen LogP contribution in [-0.4, -0.2) is 36.5 Å². The molecule has 0 bridgehead atoms. The van der Waals surface area contributed by atoms with Gasteiger partial charge >= 0.3 is 6.09 Å². The number of thiophene rings is 2. The van der Waals surface area contributed by atoms with Gasteiger partial charge in [0.1, 0.15) is 9.88 Å². The van der Waals surface area contributed by atoms with E-state index in [-0.39, 0.29) is 0 Å². The van der Waals surface area contributed by atoms with E-state index >= 15 is 0 Å². The molecule has 3 N–H and O–H groups in total. The number of hydrogen-bond acceptors (Lipinski definition) is 6. The largest absolute Gasteiger partial charge is 0.453 e. The highest BCUT2D eigenvalue weighted by atomic mass is 35.5. The van der Waals surface area contributed by atoms with Crippen molar-refractivity contribution in [1.82, 2.24) is 4.90 Å². The van der Waals surface area contributed by atoms with Gasteiger partial charge < -0.3 is 20.7 Å². The smallest absolute Gasteiger partial charge is 0.409 e. The number of nitrogens with one attached hydrogen (secondary N) is 1. The lowest BCUT2D eigenvalue weighted by atomic mass is 10.0. The Balaban J connectivity index is 1.67. The molecule has 29 heavy (non-hydrogen) atoms. The Morgan fingerprint density at radius 2 is 2.00 bits per heavy atom. The van der Waals surface area contributed by atoms with E-state index in [2.05, 4.69) is 5.32 Å². The minimum Gasteiger partial charge on any atom is -0.453 e. The molecule has 3 amide bonds. The van der Waals surface area contributed by atoms with Crippen LogP contribution in [0.2, 0.25) is 5.02 Å². The van der Waals surface area contributed by atoms with Crippen molar-refractivity contribution in [1.29, 1.82) is 0 Å². The molecule has 0 saturated carbocycles. The first kappa shape index (κ1) is 19.7. The maximum atomic E-state index is 12.9. The molecule has 0 spiro atoms. The zero-order chi connectivity index (χ0) is 20.7. The van der Waals surface area contributed by atoms with Gasteiger partial charge in [0.25, 0.3) is 11.8 Å². The monoisotopic (exact) mass is 449 g/mol. The summed E-state index contributed by atoms with van der Waals surface area (Å²) < 4.78 is 5.67. The Bertz CT molecular complexity index is 1150. The van der Waals surface area contributed by atoms with E-state index in [9.17, 15) is 14.4 Å². The molecule has 0 atom stereocenters. The minimum atomic E-state index is -0.619. The molecule has 7 nitrogen and oxygen atoms in total. The molecule has 0 fully saturated rings. The number of anilines is 1. The second kappa shape index (κ2) is 7.66. The van der Waals surface area contributed by atoms with E-state index in [0.29, 0.717) is 40.0 Å². The average molecular weight is 450 g/mol. The molecule has 0 unspecified atom stereocenters. The summed E-state index contributed by atoms with van der Waals surface area (Å²) >= 11 is 8.91. The van der Waals surface area contributed by atoms with Crippen molar-refractivity contribution in [2.24, 2.45) is 5.73 Å². The van der Waals surface area contributed by atoms with Gasteiger partial charge in [0.05, 0.1) is 24.2 Å².